The summed E-state index contributed by atoms with van der Waals surface area (Å²) in [7, 11) is 0. The average Bonchev–Trinajstić information content (AvgIpc) is 2.13. The highest BCUT2D eigenvalue weighted by Crippen LogP contribution is 2.24. The van der Waals surface area contributed by atoms with E-state index in [0.29, 0.717) is 13.2 Å². The first-order chi connectivity index (χ1) is 7.38. The van der Waals surface area contributed by atoms with Crippen molar-refractivity contribution in [1.29, 1.82) is 0 Å². The molecule has 0 aromatic heterocycles. The highest BCUT2D eigenvalue weighted by Gasteiger charge is 2.39. The summed E-state index contributed by atoms with van der Waals surface area (Å²) in [6, 6.07) is 0. The molecule has 0 radical (unpaired) electrons. The Labute approximate surface area is 94.0 Å². The van der Waals surface area contributed by atoms with E-state index in [1.165, 1.54) is 6.08 Å². The Kier molecular flexibility index (Phi) is 3.70. The smallest absolute Gasteiger partial charge is 0.345 e. The van der Waals surface area contributed by atoms with Crippen LogP contribution in [-0.4, -0.2) is 36.4 Å². The number of hydrogen-bond donors (Lipinski definition) is 1. The molecule has 0 amide bonds. The van der Waals surface area contributed by atoms with Gasteiger partial charge in [-0.15, -0.1) is 6.58 Å². The van der Waals surface area contributed by atoms with Crippen LogP contribution in [0.5, 0.6) is 0 Å². The third kappa shape index (κ3) is 2.61. The molecule has 1 heterocycles. The molecular formula is C11H16O5. The van der Waals surface area contributed by atoms with Crippen LogP contribution in [0, 0.1) is 11.3 Å². The van der Waals surface area contributed by atoms with E-state index in [-0.39, 0.29) is 5.92 Å². The zero-order valence-corrected chi connectivity index (χ0v) is 9.43. The van der Waals surface area contributed by atoms with Crippen molar-refractivity contribution < 1.29 is 24.2 Å². The van der Waals surface area contributed by atoms with E-state index in [1.54, 1.807) is 13.8 Å². The van der Waals surface area contributed by atoms with Crippen LogP contribution in [0.2, 0.25) is 0 Å². The molecule has 1 rings (SSSR count). The summed E-state index contributed by atoms with van der Waals surface area (Å²) in [5, 5.41) is 8.94. The van der Waals surface area contributed by atoms with Crippen LogP contribution in [0.25, 0.3) is 0 Å². The Morgan fingerprint density at radius 2 is 2.12 bits per heavy atom. The van der Waals surface area contributed by atoms with Crippen LogP contribution in [0.3, 0.4) is 0 Å². The highest BCUT2D eigenvalue weighted by atomic mass is 16.6. The van der Waals surface area contributed by atoms with Gasteiger partial charge in [0.2, 0.25) is 6.10 Å². The first-order valence-corrected chi connectivity index (χ1v) is 5.03. The van der Waals surface area contributed by atoms with Gasteiger partial charge in [-0.3, -0.25) is 4.79 Å². The molecule has 0 aliphatic carbocycles. The second-order valence-corrected chi connectivity index (χ2v) is 4.39. The quantitative estimate of drug-likeness (QED) is 0.557. The largest absolute Gasteiger partial charge is 0.478 e. The molecule has 1 unspecified atom stereocenters. The number of hydrogen-bond acceptors (Lipinski definition) is 4. The standard InChI is InChI=1S/C11H16O5/c1-4-11(2,3)10(14)16-8(9(12)13)7-5-15-6-7/h4,7-8H,1,5-6H2,2-3H3,(H,12,13). The van der Waals surface area contributed by atoms with Crippen molar-refractivity contribution in [2.45, 2.75) is 20.0 Å². The Morgan fingerprint density at radius 3 is 2.44 bits per heavy atom. The molecule has 5 heteroatoms. The van der Waals surface area contributed by atoms with E-state index in [0.717, 1.165) is 0 Å². The van der Waals surface area contributed by atoms with Crippen molar-refractivity contribution in [2.24, 2.45) is 11.3 Å². The third-order valence-corrected chi connectivity index (χ3v) is 2.61. The minimum absolute atomic E-state index is 0.248. The second-order valence-electron chi connectivity index (χ2n) is 4.39. The Bertz CT molecular complexity index is 303. The fraction of sp³-hybridized carbons (Fsp3) is 0.636. The molecule has 1 fully saturated rings. The van der Waals surface area contributed by atoms with Crippen molar-refractivity contribution in [3.05, 3.63) is 12.7 Å². The lowest BCUT2D eigenvalue weighted by Crippen LogP contribution is -2.46. The molecule has 0 aromatic rings. The minimum atomic E-state index is -1.14. The minimum Gasteiger partial charge on any atom is -0.478 e. The van der Waals surface area contributed by atoms with E-state index in [4.69, 9.17) is 14.6 Å². The zero-order chi connectivity index (χ0) is 12.3. The predicted molar refractivity (Wildman–Crippen MR) is 55.8 cm³/mol. The molecule has 0 saturated carbocycles. The molecule has 5 nitrogen and oxygen atoms in total. The number of carbonyl (C=O) groups is 2. The maximum atomic E-state index is 11.7. The first-order valence-electron chi connectivity index (χ1n) is 5.03. The number of ether oxygens (including phenoxy) is 2. The summed E-state index contributed by atoms with van der Waals surface area (Å²) in [4.78, 5) is 22.6. The van der Waals surface area contributed by atoms with Gasteiger partial charge >= 0.3 is 11.9 Å². The third-order valence-electron chi connectivity index (χ3n) is 2.61. The van der Waals surface area contributed by atoms with E-state index in [2.05, 4.69) is 6.58 Å². The van der Waals surface area contributed by atoms with Gasteiger partial charge in [0.1, 0.15) is 0 Å². The molecule has 0 aromatic carbocycles. The molecule has 16 heavy (non-hydrogen) atoms. The monoisotopic (exact) mass is 228 g/mol. The lowest BCUT2D eigenvalue weighted by Gasteiger charge is -2.32. The van der Waals surface area contributed by atoms with Gasteiger partial charge in [-0.25, -0.2) is 4.79 Å². The van der Waals surface area contributed by atoms with Gasteiger partial charge < -0.3 is 14.6 Å². The summed E-state index contributed by atoms with van der Waals surface area (Å²) in [5.41, 5.74) is -0.877. The number of carbonyl (C=O) groups excluding carboxylic acids is 1. The van der Waals surface area contributed by atoms with Crippen molar-refractivity contribution in [3.63, 3.8) is 0 Å². The van der Waals surface area contributed by atoms with Gasteiger partial charge in [0.15, 0.2) is 0 Å². The molecule has 0 spiro atoms. The molecule has 1 atom stereocenters. The van der Waals surface area contributed by atoms with Gasteiger partial charge in [-0.2, -0.15) is 0 Å². The number of carboxylic acids is 1. The zero-order valence-electron chi connectivity index (χ0n) is 9.43. The van der Waals surface area contributed by atoms with Gasteiger partial charge in [0.05, 0.1) is 24.5 Å². The molecule has 0 bridgehead atoms. The fourth-order valence-corrected chi connectivity index (χ4v) is 1.13. The number of rotatable bonds is 5. The maximum Gasteiger partial charge on any atom is 0.345 e. The maximum absolute atomic E-state index is 11.7. The summed E-state index contributed by atoms with van der Waals surface area (Å²) in [5.74, 6) is -1.97. The molecule has 1 aliphatic rings. The fourth-order valence-electron chi connectivity index (χ4n) is 1.13. The predicted octanol–water partition coefficient (Wildman–Crippen LogP) is 0.841. The van der Waals surface area contributed by atoms with Crippen LogP contribution in [-0.2, 0) is 19.1 Å². The highest BCUT2D eigenvalue weighted by molar-refractivity contribution is 5.82. The van der Waals surface area contributed by atoms with Crippen molar-refractivity contribution in [3.8, 4) is 0 Å². The summed E-state index contributed by atoms with van der Waals surface area (Å²) in [6.45, 7) is 7.40. The van der Waals surface area contributed by atoms with E-state index < -0.39 is 23.5 Å². The van der Waals surface area contributed by atoms with Crippen LogP contribution in [0.4, 0.5) is 0 Å². The van der Waals surface area contributed by atoms with Crippen molar-refractivity contribution in [2.75, 3.05) is 13.2 Å². The molecule has 1 N–H and O–H groups in total. The van der Waals surface area contributed by atoms with Gasteiger partial charge in [-0.1, -0.05) is 6.08 Å². The van der Waals surface area contributed by atoms with Crippen LogP contribution < -0.4 is 0 Å². The number of esters is 1. The van der Waals surface area contributed by atoms with Crippen molar-refractivity contribution >= 4 is 11.9 Å². The SMILES string of the molecule is C=CC(C)(C)C(=O)OC(C(=O)O)C1COC1. The Hall–Kier alpha value is -1.36. The number of aliphatic carboxylic acids is 1. The average molecular weight is 228 g/mol. The first kappa shape index (κ1) is 12.7. The van der Waals surface area contributed by atoms with Crippen LogP contribution in [0.15, 0.2) is 12.7 Å². The van der Waals surface area contributed by atoms with Gasteiger partial charge in [0, 0.05) is 0 Å². The van der Waals surface area contributed by atoms with E-state index in [9.17, 15) is 9.59 Å². The Morgan fingerprint density at radius 1 is 1.56 bits per heavy atom. The van der Waals surface area contributed by atoms with Gasteiger partial charge in [0.25, 0.3) is 0 Å². The molecular weight excluding hydrogens is 212 g/mol. The van der Waals surface area contributed by atoms with E-state index >= 15 is 0 Å². The lowest BCUT2D eigenvalue weighted by molar-refractivity contribution is -0.184. The van der Waals surface area contributed by atoms with Crippen molar-refractivity contribution in [1.82, 2.24) is 0 Å². The lowest BCUT2D eigenvalue weighted by atomic mass is 9.93. The summed E-state index contributed by atoms with van der Waals surface area (Å²) >= 11 is 0. The van der Waals surface area contributed by atoms with Gasteiger partial charge in [-0.05, 0) is 13.8 Å². The topological polar surface area (TPSA) is 72.8 Å². The molecule has 1 aliphatic heterocycles. The Balaban J connectivity index is 2.65. The van der Waals surface area contributed by atoms with Crippen LogP contribution >= 0.6 is 0 Å². The molecule has 1 saturated heterocycles. The van der Waals surface area contributed by atoms with E-state index in [1.807, 2.05) is 0 Å². The second kappa shape index (κ2) is 4.65. The van der Waals surface area contributed by atoms with Crippen LogP contribution in [0.1, 0.15) is 13.8 Å². The summed E-state index contributed by atoms with van der Waals surface area (Å²) < 4.78 is 9.87. The summed E-state index contributed by atoms with van der Waals surface area (Å²) in [6.07, 6.45) is 0.311. The number of carboxylic acid groups (broad SMARTS) is 1. The normalized spacial score (nSPS) is 18.4. The molecule has 90 valence electrons.